The Morgan fingerprint density at radius 1 is 1.08 bits per heavy atom. The maximum absolute atomic E-state index is 13.5. The second-order valence-corrected chi connectivity index (χ2v) is 10.4. The molecule has 3 aromatic rings. The summed E-state index contributed by atoms with van der Waals surface area (Å²) in [5.41, 5.74) is 4.73. The molecule has 6 nitrogen and oxygen atoms in total. The quantitative estimate of drug-likeness (QED) is 0.409. The molecule has 0 radical (unpaired) electrons. The van der Waals surface area contributed by atoms with Crippen molar-refractivity contribution in [3.8, 4) is 11.4 Å². The van der Waals surface area contributed by atoms with Crippen LogP contribution in [0, 0.1) is 5.41 Å². The molecule has 194 valence electrons. The van der Waals surface area contributed by atoms with Crippen LogP contribution < -0.4 is 0 Å². The SMILES string of the molecule is CC(C)c1ncccc1C1=CN=C2C1=CN(Cc1ccc(-c3nc(C(F)(F)F)cn3C)cc1)C(=O)C21CC1. The van der Waals surface area contributed by atoms with E-state index in [1.807, 2.05) is 36.7 Å². The summed E-state index contributed by atoms with van der Waals surface area (Å²) >= 11 is 0. The highest BCUT2D eigenvalue weighted by molar-refractivity contribution is 6.29. The number of hydrogen-bond acceptors (Lipinski definition) is 4. The molecule has 2 aliphatic heterocycles. The minimum absolute atomic E-state index is 0.0351. The van der Waals surface area contributed by atoms with Crippen molar-refractivity contribution in [1.29, 1.82) is 0 Å². The summed E-state index contributed by atoms with van der Waals surface area (Å²) in [6.45, 7) is 4.56. The van der Waals surface area contributed by atoms with Crippen molar-refractivity contribution in [2.24, 2.45) is 17.5 Å². The van der Waals surface area contributed by atoms with Gasteiger partial charge in [0.2, 0.25) is 5.91 Å². The van der Waals surface area contributed by atoms with Crippen LogP contribution in [0.1, 0.15) is 55.1 Å². The zero-order chi connectivity index (χ0) is 26.8. The molecule has 0 saturated heterocycles. The van der Waals surface area contributed by atoms with Gasteiger partial charge in [0.15, 0.2) is 5.69 Å². The number of hydrogen-bond donors (Lipinski definition) is 0. The molecular weight excluding hydrogens is 491 g/mol. The Kier molecular flexibility index (Phi) is 5.45. The maximum Gasteiger partial charge on any atom is 0.434 e. The van der Waals surface area contributed by atoms with E-state index in [1.165, 1.54) is 11.6 Å². The summed E-state index contributed by atoms with van der Waals surface area (Å²) in [4.78, 5) is 28.4. The smallest absolute Gasteiger partial charge is 0.333 e. The van der Waals surface area contributed by atoms with E-state index in [9.17, 15) is 18.0 Å². The van der Waals surface area contributed by atoms with Gasteiger partial charge in [0, 0.05) is 54.1 Å². The second kappa shape index (κ2) is 8.51. The highest BCUT2D eigenvalue weighted by Crippen LogP contribution is 2.55. The average Bonchev–Trinajstić information content (AvgIpc) is 3.39. The Morgan fingerprint density at radius 2 is 1.82 bits per heavy atom. The highest BCUT2D eigenvalue weighted by Gasteiger charge is 2.59. The van der Waals surface area contributed by atoms with E-state index in [2.05, 4.69) is 23.8 Å². The van der Waals surface area contributed by atoms with Crippen molar-refractivity contribution in [1.82, 2.24) is 19.4 Å². The van der Waals surface area contributed by atoms with E-state index in [4.69, 9.17) is 4.99 Å². The van der Waals surface area contributed by atoms with Gasteiger partial charge in [0.25, 0.3) is 0 Å². The first-order chi connectivity index (χ1) is 18.1. The molecule has 4 heterocycles. The van der Waals surface area contributed by atoms with Crippen LogP contribution in [0.2, 0.25) is 0 Å². The molecule has 0 N–H and O–H groups in total. The summed E-state index contributed by atoms with van der Waals surface area (Å²) in [7, 11) is 1.54. The molecule has 2 aromatic heterocycles. The lowest BCUT2D eigenvalue weighted by Crippen LogP contribution is -2.42. The van der Waals surface area contributed by atoms with Crippen molar-refractivity contribution >= 4 is 17.2 Å². The Bertz CT molecular complexity index is 1540. The molecule has 38 heavy (non-hydrogen) atoms. The van der Waals surface area contributed by atoms with Gasteiger partial charge in [-0.3, -0.25) is 14.8 Å². The first kappa shape index (κ1) is 24.3. The number of aryl methyl sites for hydroxylation is 1. The van der Waals surface area contributed by atoms with Gasteiger partial charge in [-0.1, -0.05) is 44.2 Å². The van der Waals surface area contributed by atoms with E-state index in [-0.39, 0.29) is 17.6 Å². The number of amides is 1. The van der Waals surface area contributed by atoms with Gasteiger partial charge < -0.3 is 9.47 Å². The lowest BCUT2D eigenvalue weighted by molar-refractivity contribution is -0.141. The number of benzene rings is 1. The third-order valence-electron chi connectivity index (χ3n) is 7.43. The van der Waals surface area contributed by atoms with Gasteiger partial charge >= 0.3 is 6.18 Å². The molecular formula is C29H26F3N5O. The normalized spacial score (nSPS) is 18.0. The third kappa shape index (κ3) is 3.88. The van der Waals surface area contributed by atoms with E-state index in [0.29, 0.717) is 12.1 Å². The van der Waals surface area contributed by atoms with Crippen LogP contribution in [-0.2, 0) is 24.6 Å². The molecule has 3 aliphatic rings. The Hall–Kier alpha value is -4.01. The molecule has 1 aromatic carbocycles. The summed E-state index contributed by atoms with van der Waals surface area (Å²) < 4.78 is 40.6. The Morgan fingerprint density at radius 3 is 2.45 bits per heavy atom. The first-order valence-electron chi connectivity index (χ1n) is 12.6. The Labute approximate surface area is 218 Å². The Balaban J connectivity index is 1.30. The van der Waals surface area contributed by atoms with Gasteiger partial charge in [-0.25, -0.2) is 4.98 Å². The number of carbonyl (C=O) groups excluding carboxylic acids is 1. The molecule has 0 atom stereocenters. The number of fused-ring (bicyclic) bond motifs is 2. The third-order valence-corrected chi connectivity index (χ3v) is 7.43. The van der Waals surface area contributed by atoms with Crippen molar-refractivity contribution in [3.63, 3.8) is 0 Å². The zero-order valence-electron chi connectivity index (χ0n) is 21.3. The molecule has 1 saturated carbocycles. The fraction of sp³-hybridized carbons (Fsp3) is 0.310. The van der Waals surface area contributed by atoms with Crippen LogP contribution in [0.5, 0.6) is 0 Å². The average molecular weight is 518 g/mol. The number of nitrogens with zero attached hydrogens (tertiary/aromatic N) is 5. The number of halogens is 3. The number of allylic oxidation sites excluding steroid dienone is 2. The van der Waals surface area contributed by atoms with Crippen LogP contribution >= 0.6 is 0 Å². The van der Waals surface area contributed by atoms with E-state index in [1.54, 1.807) is 23.2 Å². The molecule has 0 unspecified atom stereocenters. The summed E-state index contributed by atoms with van der Waals surface area (Å²) in [5.74, 6) is 0.501. The standard InChI is InChI=1S/C29H26F3N5O/c1-17(2)24-20(5-4-12-33-24)21-13-34-25-22(21)15-37(27(38)28(25)10-11-28)14-18-6-8-19(9-7-18)26-35-23(16-36(26)3)29(30,31)32/h4-9,12-13,15-17H,10-11,14H2,1-3H3. The van der Waals surface area contributed by atoms with Crippen LogP contribution in [0.4, 0.5) is 13.2 Å². The number of aromatic nitrogens is 3. The monoisotopic (exact) mass is 517 g/mol. The number of aliphatic imine (C=N–C) groups is 1. The largest absolute Gasteiger partial charge is 0.434 e. The molecule has 1 amide bonds. The van der Waals surface area contributed by atoms with Crippen LogP contribution in [0.15, 0.2) is 71.8 Å². The lowest BCUT2D eigenvalue weighted by atomic mass is 9.84. The summed E-state index contributed by atoms with van der Waals surface area (Å²) in [5, 5.41) is 0. The fourth-order valence-corrected chi connectivity index (χ4v) is 5.34. The van der Waals surface area contributed by atoms with Gasteiger partial charge in [-0.15, -0.1) is 0 Å². The van der Waals surface area contributed by atoms with E-state index < -0.39 is 17.3 Å². The number of carbonyl (C=O) groups is 1. The first-order valence-corrected chi connectivity index (χ1v) is 12.6. The van der Waals surface area contributed by atoms with Crippen LogP contribution in [-0.4, -0.2) is 31.1 Å². The van der Waals surface area contributed by atoms with Crippen molar-refractivity contribution < 1.29 is 18.0 Å². The lowest BCUT2D eigenvalue weighted by Gasteiger charge is -2.31. The van der Waals surface area contributed by atoms with Crippen LogP contribution in [0.25, 0.3) is 17.0 Å². The zero-order valence-corrected chi connectivity index (χ0v) is 21.3. The van der Waals surface area contributed by atoms with Gasteiger partial charge in [-0.2, -0.15) is 13.2 Å². The number of rotatable bonds is 5. The molecule has 6 rings (SSSR count). The number of alkyl halides is 3. The second-order valence-electron chi connectivity index (χ2n) is 10.4. The predicted octanol–water partition coefficient (Wildman–Crippen LogP) is 6.13. The van der Waals surface area contributed by atoms with Gasteiger partial charge in [-0.05, 0) is 30.4 Å². The predicted molar refractivity (Wildman–Crippen MR) is 138 cm³/mol. The fourth-order valence-electron chi connectivity index (χ4n) is 5.34. The molecule has 1 aliphatic carbocycles. The molecule has 1 fully saturated rings. The number of imidazole rings is 1. The highest BCUT2D eigenvalue weighted by atomic mass is 19.4. The summed E-state index contributed by atoms with van der Waals surface area (Å²) in [6.07, 6.45) is 3.56. The van der Waals surface area contributed by atoms with Gasteiger partial charge in [0.1, 0.15) is 5.82 Å². The van der Waals surface area contributed by atoms with Crippen molar-refractivity contribution in [2.45, 2.75) is 45.3 Å². The van der Waals surface area contributed by atoms with Gasteiger partial charge in [0.05, 0.1) is 23.4 Å². The maximum atomic E-state index is 13.5. The van der Waals surface area contributed by atoms with E-state index in [0.717, 1.165) is 52.7 Å². The molecule has 9 heteroatoms. The molecule has 0 bridgehead atoms. The minimum atomic E-state index is -4.50. The topological polar surface area (TPSA) is 63.4 Å². The van der Waals surface area contributed by atoms with Crippen molar-refractivity contribution in [2.75, 3.05) is 0 Å². The van der Waals surface area contributed by atoms with E-state index >= 15 is 0 Å². The minimum Gasteiger partial charge on any atom is -0.333 e. The van der Waals surface area contributed by atoms with Crippen molar-refractivity contribution in [3.05, 3.63) is 89.3 Å². The molecule has 1 spiro atoms. The number of pyridine rings is 1. The van der Waals surface area contributed by atoms with Crippen LogP contribution in [0.3, 0.4) is 0 Å². The summed E-state index contributed by atoms with van der Waals surface area (Å²) in [6, 6.07) is 11.1.